The van der Waals surface area contributed by atoms with Gasteiger partial charge in [-0.15, -0.1) is 0 Å². The highest BCUT2D eigenvalue weighted by Gasteiger charge is 2.37. The molecule has 2 aliphatic rings. The van der Waals surface area contributed by atoms with Gasteiger partial charge in [-0.25, -0.2) is 9.59 Å². The lowest BCUT2D eigenvalue weighted by Crippen LogP contribution is -2.53. The van der Waals surface area contributed by atoms with Crippen LogP contribution in [0.5, 0.6) is 0 Å². The zero-order valence-electron chi connectivity index (χ0n) is 31.9. The standard InChI is InChI=1S/C40H48ClF3N6O7/c1-46-34-6-4-3-5-28(34)11-14-50(26-51)31-12-15-49(16-13-31)39(54)57-35(25-27-23-32(40(42,43)44)36(45)33(41)24-27)37(52)48-19-17-47(18-20-48)30-9-7-29(8-10-30)38(53)56-22-21-55-2/h3-10,23-24,26,31,35,46H,11-22,25,45H2,1-2H3/t35-/m1/s1. The van der Waals surface area contributed by atoms with Crippen molar-refractivity contribution >= 4 is 53.0 Å². The van der Waals surface area contributed by atoms with Crippen molar-refractivity contribution in [2.45, 2.75) is 44.0 Å². The molecule has 3 amide bonds. The average Bonchev–Trinajstić information content (AvgIpc) is 3.21. The molecule has 3 aromatic carbocycles. The Kier molecular flexibility index (Phi) is 14.9. The first kappa shape index (κ1) is 42.9. The van der Waals surface area contributed by atoms with E-state index >= 15 is 0 Å². The van der Waals surface area contributed by atoms with Gasteiger partial charge in [0.1, 0.15) is 6.61 Å². The van der Waals surface area contributed by atoms with Gasteiger partial charge in [-0.2, -0.15) is 13.2 Å². The van der Waals surface area contributed by atoms with Gasteiger partial charge in [-0.3, -0.25) is 9.59 Å². The van der Waals surface area contributed by atoms with Gasteiger partial charge >= 0.3 is 18.2 Å². The second kappa shape index (κ2) is 19.8. The number of nitrogens with two attached hydrogens (primary N) is 1. The van der Waals surface area contributed by atoms with E-state index in [-0.39, 0.29) is 62.4 Å². The first-order valence-corrected chi connectivity index (χ1v) is 19.1. The molecule has 3 N–H and O–H groups in total. The second-order valence-corrected chi connectivity index (χ2v) is 14.2. The van der Waals surface area contributed by atoms with Gasteiger partial charge in [0.2, 0.25) is 6.41 Å². The molecule has 0 unspecified atom stereocenters. The molecule has 3 aromatic rings. The van der Waals surface area contributed by atoms with E-state index in [1.807, 2.05) is 36.2 Å². The molecule has 1 atom stereocenters. The Morgan fingerprint density at radius 3 is 2.30 bits per heavy atom. The van der Waals surface area contributed by atoms with Gasteiger partial charge in [-0.1, -0.05) is 29.8 Å². The Morgan fingerprint density at radius 1 is 0.982 bits per heavy atom. The van der Waals surface area contributed by atoms with Gasteiger partial charge < -0.3 is 44.9 Å². The van der Waals surface area contributed by atoms with Gasteiger partial charge in [-0.05, 0) is 72.9 Å². The summed E-state index contributed by atoms with van der Waals surface area (Å²) in [6.45, 7) is 2.65. The van der Waals surface area contributed by atoms with E-state index < -0.39 is 41.5 Å². The highest BCUT2D eigenvalue weighted by atomic mass is 35.5. The molecule has 2 heterocycles. The minimum absolute atomic E-state index is 0.0207. The van der Waals surface area contributed by atoms with Crippen LogP contribution in [-0.4, -0.2) is 124 Å². The maximum absolute atomic E-state index is 14.1. The summed E-state index contributed by atoms with van der Waals surface area (Å²) >= 11 is 6.11. The van der Waals surface area contributed by atoms with E-state index in [2.05, 4.69) is 5.32 Å². The summed E-state index contributed by atoms with van der Waals surface area (Å²) < 4.78 is 57.5. The molecular formula is C40H48ClF3N6O7. The van der Waals surface area contributed by atoms with Crippen molar-refractivity contribution in [3.05, 3.63) is 87.9 Å². The van der Waals surface area contributed by atoms with E-state index in [0.29, 0.717) is 44.5 Å². The number of carbonyl (C=O) groups excluding carboxylic acids is 4. The number of piperazine rings is 1. The molecule has 0 saturated carbocycles. The van der Waals surface area contributed by atoms with Crippen LogP contribution >= 0.6 is 11.6 Å². The zero-order chi connectivity index (χ0) is 41.1. The number of ether oxygens (including phenoxy) is 3. The molecule has 17 heteroatoms. The molecular weight excluding hydrogens is 769 g/mol. The number of rotatable bonds is 15. The van der Waals surface area contributed by atoms with Crippen LogP contribution in [0.4, 0.5) is 35.0 Å². The third-order valence-electron chi connectivity index (χ3n) is 10.3. The number of methoxy groups -OCH3 is 1. The van der Waals surface area contributed by atoms with Gasteiger partial charge in [0.05, 0.1) is 28.4 Å². The van der Waals surface area contributed by atoms with Crippen LogP contribution in [0.1, 0.15) is 39.9 Å². The van der Waals surface area contributed by atoms with E-state index in [1.165, 1.54) is 23.0 Å². The van der Waals surface area contributed by atoms with Crippen molar-refractivity contribution in [3.8, 4) is 0 Å². The molecule has 5 rings (SSSR count). The normalized spacial score (nSPS) is 15.5. The van der Waals surface area contributed by atoms with E-state index in [1.54, 1.807) is 29.2 Å². The van der Waals surface area contributed by atoms with E-state index in [9.17, 15) is 32.3 Å². The second-order valence-electron chi connectivity index (χ2n) is 13.8. The largest absolute Gasteiger partial charge is 0.460 e. The number of halogens is 4. The number of nitrogens with one attached hydrogen (secondary N) is 1. The molecule has 0 aromatic heterocycles. The van der Waals surface area contributed by atoms with Crippen LogP contribution < -0.4 is 16.0 Å². The monoisotopic (exact) mass is 816 g/mol. The van der Waals surface area contributed by atoms with Crippen molar-refractivity contribution in [3.63, 3.8) is 0 Å². The highest BCUT2D eigenvalue weighted by molar-refractivity contribution is 6.33. The third-order valence-corrected chi connectivity index (χ3v) is 10.6. The molecule has 57 heavy (non-hydrogen) atoms. The van der Waals surface area contributed by atoms with Crippen LogP contribution in [0, 0.1) is 0 Å². The molecule has 2 fully saturated rings. The first-order valence-electron chi connectivity index (χ1n) is 18.7. The lowest BCUT2D eigenvalue weighted by molar-refractivity contribution is -0.141. The Bertz CT molecular complexity index is 1850. The Hall–Kier alpha value is -5.22. The average molecular weight is 817 g/mol. The summed E-state index contributed by atoms with van der Waals surface area (Å²) in [6, 6.07) is 16.6. The van der Waals surface area contributed by atoms with Crippen molar-refractivity contribution in [1.29, 1.82) is 0 Å². The van der Waals surface area contributed by atoms with Crippen molar-refractivity contribution in [2.75, 3.05) is 89.1 Å². The lowest BCUT2D eigenvalue weighted by atomic mass is 10.0. The number of esters is 1. The molecule has 0 radical (unpaired) electrons. The summed E-state index contributed by atoms with van der Waals surface area (Å²) in [4.78, 5) is 58.8. The lowest BCUT2D eigenvalue weighted by Gasteiger charge is -2.38. The number of alkyl halides is 3. The summed E-state index contributed by atoms with van der Waals surface area (Å²) in [7, 11) is 3.35. The summed E-state index contributed by atoms with van der Waals surface area (Å²) in [5.41, 5.74) is 7.13. The first-order chi connectivity index (χ1) is 27.3. The fourth-order valence-corrected chi connectivity index (χ4v) is 7.29. The smallest absolute Gasteiger partial charge is 0.418 e. The van der Waals surface area contributed by atoms with Crippen molar-refractivity contribution in [2.24, 2.45) is 0 Å². The van der Waals surface area contributed by atoms with Crippen molar-refractivity contribution < 1.29 is 46.6 Å². The summed E-state index contributed by atoms with van der Waals surface area (Å²) in [6.07, 6.45) is -5.04. The van der Waals surface area contributed by atoms with Crippen LogP contribution in [0.25, 0.3) is 0 Å². The van der Waals surface area contributed by atoms with Crippen LogP contribution in [0.3, 0.4) is 0 Å². The number of amides is 3. The van der Waals surface area contributed by atoms with Crippen LogP contribution in [0.15, 0.2) is 60.7 Å². The topological polar surface area (TPSA) is 147 Å². The van der Waals surface area contributed by atoms with Crippen molar-refractivity contribution in [1.82, 2.24) is 14.7 Å². The summed E-state index contributed by atoms with van der Waals surface area (Å²) in [5.74, 6) is -1.04. The predicted octanol–water partition coefficient (Wildman–Crippen LogP) is 5.35. The maximum Gasteiger partial charge on any atom is 0.418 e. The molecule has 0 spiro atoms. The van der Waals surface area contributed by atoms with Gasteiger partial charge in [0, 0.05) is 83.8 Å². The fraction of sp³-hybridized carbons (Fsp3) is 0.450. The minimum atomic E-state index is -4.81. The number of hydrogen-bond acceptors (Lipinski definition) is 10. The van der Waals surface area contributed by atoms with Gasteiger partial charge in [0.25, 0.3) is 5.91 Å². The number of nitrogen functional groups attached to an aromatic ring is 1. The molecule has 308 valence electrons. The number of hydrogen-bond donors (Lipinski definition) is 2. The molecule has 0 bridgehead atoms. The van der Waals surface area contributed by atoms with Gasteiger partial charge in [0.15, 0.2) is 6.10 Å². The number of nitrogens with zero attached hydrogens (tertiary/aromatic N) is 4. The molecule has 0 aliphatic carbocycles. The Morgan fingerprint density at radius 2 is 1.67 bits per heavy atom. The summed E-state index contributed by atoms with van der Waals surface area (Å²) in [5, 5.41) is 2.82. The number of anilines is 3. The highest BCUT2D eigenvalue weighted by Crippen LogP contribution is 2.38. The number of carbonyl (C=O) groups is 4. The molecule has 13 nitrogen and oxygen atoms in total. The number of para-hydroxylation sites is 1. The minimum Gasteiger partial charge on any atom is -0.460 e. The molecule has 2 saturated heterocycles. The number of likely N-dealkylation sites (tertiary alicyclic amines) is 1. The SMILES string of the molecule is CNc1ccccc1CCN(C=O)C1CCN(C(=O)O[C@H](Cc2cc(Cl)c(N)c(C(F)(F)F)c2)C(=O)N2CCN(c3ccc(C(=O)OCCOC)cc3)CC2)CC1. The molecule has 2 aliphatic heterocycles. The van der Waals surface area contributed by atoms with Crippen LogP contribution in [-0.2, 0) is 42.8 Å². The maximum atomic E-state index is 14.1. The van der Waals surface area contributed by atoms with Crippen LogP contribution in [0.2, 0.25) is 5.02 Å². The van der Waals surface area contributed by atoms with E-state index in [4.69, 9.17) is 31.5 Å². The zero-order valence-corrected chi connectivity index (χ0v) is 32.7. The Balaban J connectivity index is 1.24. The number of piperidine rings is 1. The third kappa shape index (κ3) is 11.2. The number of benzene rings is 3. The fourth-order valence-electron chi connectivity index (χ4n) is 7.05. The Labute approximate surface area is 334 Å². The van der Waals surface area contributed by atoms with E-state index in [0.717, 1.165) is 29.4 Å². The predicted molar refractivity (Wildman–Crippen MR) is 209 cm³/mol. The quantitative estimate of drug-likeness (QED) is 0.0892.